The van der Waals surface area contributed by atoms with E-state index in [9.17, 15) is 9.59 Å². The van der Waals surface area contributed by atoms with Crippen LogP contribution in [0.15, 0.2) is 30.3 Å². The predicted octanol–water partition coefficient (Wildman–Crippen LogP) is 2.30. The Balaban J connectivity index is 0.00000243. The highest BCUT2D eigenvalue weighted by molar-refractivity contribution is 5.88. The van der Waals surface area contributed by atoms with Gasteiger partial charge in [-0.2, -0.15) is 0 Å². The van der Waals surface area contributed by atoms with Gasteiger partial charge >= 0.3 is 0 Å². The Kier molecular flexibility index (Phi) is 7.47. The maximum absolute atomic E-state index is 12.8. The number of halogens is 1. The third kappa shape index (κ3) is 4.57. The zero-order chi connectivity index (χ0) is 17.8. The molecule has 6 heteroatoms. The van der Waals surface area contributed by atoms with Crippen molar-refractivity contribution in [2.75, 3.05) is 19.6 Å². The Morgan fingerprint density at radius 1 is 1.19 bits per heavy atom. The molecule has 3 N–H and O–H groups in total. The fourth-order valence-electron chi connectivity index (χ4n) is 4.22. The number of rotatable bonds is 5. The number of carbonyl (C=O) groups excluding carboxylic acids is 2. The first kappa shape index (κ1) is 20.7. The average Bonchev–Trinajstić information content (AvgIpc) is 3.31. The average molecular weight is 380 g/mol. The smallest absolute Gasteiger partial charge is 0.244 e. The zero-order valence-electron chi connectivity index (χ0n) is 15.4. The minimum absolute atomic E-state index is 0. The topological polar surface area (TPSA) is 75.4 Å². The van der Waals surface area contributed by atoms with Crippen LogP contribution in [0.4, 0.5) is 0 Å². The van der Waals surface area contributed by atoms with E-state index in [2.05, 4.69) is 17.4 Å². The summed E-state index contributed by atoms with van der Waals surface area (Å²) in [6, 6.07) is 9.79. The Morgan fingerprint density at radius 3 is 2.46 bits per heavy atom. The van der Waals surface area contributed by atoms with E-state index in [4.69, 9.17) is 5.73 Å². The molecule has 3 atom stereocenters. The summed E-state index contributed by atoms with van der Waals surface area (Å²) in [6.07, 6.45) is 4.12. The molecule has 1 heterocycles. The SMILES string of the molecule is CC(NC(=O)C1CCCC1)C(=O)N1C[C@@H](CN)[C@H](c2ccccc2)C1.Cl. The van der Waals surface area contributed by atoms with Crippen molar-refractivity contribution in [2.24, 2.45) is 17.6 Å². The molecule has 1 aromatic carbocycles. The van der Waals surface area contributed by atoms with E-state index < -0.39 is 6.04 Å². The van der Waals surface area contributed by atoms with Crippen molar-refractivity contribution in [3.8, 4) is 0 Å². The molecule has 0 bridgehead atoms. The van der Waals surface area contributed by atoms with Gasteiger partial charge < -0.3 is 16.0 Å². The first-order valence-electron chi connectivity index (χ1n) is 9.44. The molecule has 3 rings (SSSR count). The monoisotopic (exact) mass is 379 g/mol. The lowest BCUT2D eigenvalue weighted by Crippen LogP contribution is -2.47. The van der Waals surface area contributed by atoms with E-state index in [-0.39, 0.29) is 42.0 Å². The molecule has 144 valence electrons. The molecule has 2 amide bonds. The van der Waals surface area contributed by atoms with Gasteiger partial charge in [-0.25, -0.2) is 0 Å². The molecule has 2 fully saturated rings. The number of nitrogens with one attached hydrogen (secondary N) is 1. The number of benzene rings is 1. The standard InChI is InChI=1S/C20H29N3O2.ClH/c1-14(22-19(24)16-9-5-6-10-16)20(25)23-12-17(11-21)18(13-23)15-7-3-2-4-8-15;/h2-4,7-8,14,16-18H,5-6,9-13,21H2,1H3,(H,22,24);1H/t14?,17-,18+;/m1./s1. The maximum atomic E-state index is 12.8. The van der Waals surface area contributed by atoms with Gasteiger partial charge in [0.25, 0.3) is 0 Å². The van der Waals surface area contributed by atoms with Crippen molar-refractivity contribution in [3.63, 3.8) is 0 Å². The van der Waals surface area contributed by atoms with Gasteiger partial charge in [-0.1, -0.05) is 43.2 Å². The van der Waals surface area contributed by atoms with Crippen molar-refractivity contribution in [1.29, 1.82) is 0 Å². The first-order chi connectivity index (χ1) is 12.1. The Bertz CT molecular complexity index is 604. The highest BCUT2D eigenvalue weighted by atomic mass is 35.5. The quantitative estimate of drug-likeness (QED) is 0.824. The predicted molar refractivity (Wildman–Crippen MR) is 105 cm³/mol. The zero-order valence-corrected chi connectivity index (χ0v) is 16.2. The summed E-state index contributed by atoms with van der Waals surface area (Å²) >= 11 is 0. The van der Waals surface area contributed by atoms with Gasteiger partial charge in [0, 0.05) is 24.9 Å². The van der Waals surface area contributed by atoms with Gasteiger partial charge in [-0.15, -0.1) is 12.4 Å². The molecule has 1 aliphatic carbocycles. The molecule has 2 aliphatic rings. The first-order valence-corrected chi connectivity index (χ1v) is 9.44. The van der Waals surface area contributed by atoms with Crippen LogP contribution in [-0.4, -0.2) is 42.4 Å². The van der Waals surface area contributed by atoms with E-state index in [0.29, 0.717) is 19.6 Å². The normalized spacial score (nSPS) is 24.2. The highest BCUT2D eigenvalue weighted by Crippen LogP contribution is 2.32. The number of hydrogen-bond acceptors (Lipinski definition) is 3. The molecule has 1 aliphatic heterocycles. The van der Waals surface area contributed by atoms with E-state index in [1.54, 1.807) is 6.92 Å². The summed E-state index contributed by atoms with van der Waals surface area (Å²) in [5.74, 6) is 0.662. The van der Waals surface area contributed by atoms with Crippen LogP contribution in [0.3, 0.4) is 0 Å². The van der Waals surface area contributed by atoms with E-state index in [0.717, 1.165) is 25.7 Å². The molecule has 0 aromatic heterocycles. The molecule has 1 unspecified atom stereocenters. The van der Waals surface area contributed by atoms with Crippen LogP contribution in [-0.2, 0) is 9.59 Å². The third-order valence-electron chi connectivity index (χ3n) is 5.74. The summed E-state index contributed by atoms with van der Waals surface area (Å²) in [4.78, 5) is 27.0. The number of amides is 2. The highest BCUT2D eigenvalue weighted by Gasteiger charge is 2.37. The minimum Gasteiger partial charge on any atom is -0.344 e. The molecular weight excluding hydrogens is 350 g/mol. The van der Waals surface area contributed by atoms with Crippen LogP contribution in [0.2, 0.25) is 0 Å². The fraction of sp³-hybridized carbons (Fsp3) is 0.600. The molecule has 1 saturated carbocycles. The van der Waals surface area contributed by atoms with Crippen LogP contribution < -0.4 is 11.1 Å². The molecule has 1 saturated heterocycles. The molecule has 0 radical (unpaired) electrons. The van der Waals surface area contributed by atoms with Gasteiger partial charge in [-0.3, -0.25) is 9.59 Å². The van der Waals surface area contributed by atoms with Gasteiger partial charge in [-0.05, 0) is 37.8 Å². The second-order valence-electron chi connectivity index (χ2n) is 7.47. The fourth-order valence-corrected chi connectivity index (χ4v) is 4.22. The molecule has 26 heavy (non-hydrogen) atoms. The number of likely N-dealkylation sites (tertiary alicyclic amines) is 1. The number of nitrogens with zero attached hydrogens (tertiary/aromatic N) is 1. The van der Waals surface area contributed by atoms with Crippen LogP contribution in [0, 0.1) is 11.8 Å². The number of nitrogens with two attached hydrogens (primary N) is 1. The lowest BCUT2D eigenvalue weighted by atomic mass is 9.89. The van der Waals surface area contributed by atoms with Crippen molar-refractivity contribution < 1.29 is 9.59 Å². The summed E-state index contributed by atoms with van der Waals surface area (Å²) in [6.45, 7) is 3.70. The molecule has 5 nitrogen and oxygen atoms in total. The van der Waals surface area contributed by atoms with Gasteiger partial charge in [0.1, 0.15) is 6.04 Å². The third-order valence-corrected chi connectivity index (χ3v) is 5.74. The van der Waals surface area contributed by atoms with Gasteiger partial charge in [0.2, 0.25) is 11.8 Å². The van der Waals surface area contributed by atoms with Crippen molar-refractivity contribution >= 4 is 24.2 Å². The number of carbonyl (C=O) groups is 2. The van der Waals surface area contributed by atoms with Gasteiger partial charge in [0.15, 0.2) is 0 Å². The van der Waals surface area contributed by atoms with E-state index in [1.165, 1.54) is 5.56 Å². The Hall–Kier alpha value is -1.59. The van der Waals surface area contributed by atoms with Crippen molar-refractivity contribution in [2.45, 2.75) is 44.6 Å². The molecule has 0 spiro atoms. The van der Waals surface area contributed by atoms with Crippen LogP contribution >= 0.6 is 12.4 Å². The molecule has 1 aromatic rings. The second-order valence-corrected chi connectivity index (χ2v) is 7.47. The van der Waals surface area contributed by atoms with E-state index >= 15 is 0 Å². The summed E-state index contributed by atoms with van der Waals surface area (Å²) in [7, 11) is 0. The summed E-state index contributed by atoms with van der Waals surface area (Å²) in [5, 5.41) is 2.92. The van der Waals surface area contributed by atoms with Gasteiger partial charge in [0.05, 0.1) is 0 Å². The summed E-state index contributed by atoms with van der Waals surface area (Å²) < 4.78 is 0. The van der Waals surface area contributed by atoms with Crippen molar-refractivity contribution in [3.05, 3.63) is 35.9 Å². The van der Waals surface area contributed by atoms with Crippen molar-refractivity contribution in [1.82, 2.24) is 10.2 Å². The maximum Gasteiger partial charge on any atom is 0.244 e. The molecular formula is C20H30ClN3O2. The largest absolute Gasteiger partial charge is 0.344 e. The van der Waals surface area contributed by atoms with Crippen LogP contribution in [0.5, 0.6) is 0 Å². The number of hydrogen-bond donors (Lipinski definition) is 2. The Labute approximate surface area is 162 Å². The lowest BCUT2D eigenvalue weighted by molar-refractivity contribution is -0.136. The van der Waals surface area contributed by atoms with Crippen LogP contribution in [0.25, 0.3) is 0 Å². The Morgan fingerprint density at radius 2 is 1.85 bits per heavy atom. The lowest BCUT2D eigenvalue weighted by Gasteiger charge is -2.23. The second kappa shape index (κ2) is 9.38. The van der Waals surface area contributed by atoms with Crippen LogP contribution in [0.1, 0.15) is 44.1 Å². The summed E-state index contributed by atoms with van der Waals surface area (Å²) in [5.41, 5.74) is 7.19. The minimum atomic E-state index is -0.471. The van der Waals surface area contributed by atoms with E-state index in [1.807, 2.05) is 23.1 Å².